The summed E-state index contributed by atoms with van der Waals surface area (Å²) in [6.07, 6.45) is 7.02. The molecule has 5 heteroatoms. The van der Waals surface area contributed by atoms with Crippen LogP contribution in [0.3, 0.4) is 0 Å². The van der Waals surface area contributed by atoms with Gasteiger partial charge in [0.2, 0.25) is 0 Å². The number of aliphatic hydroxyl groups excluding tert-OH is 1. The van der Waals surface area contributed by atoms with Gasteiger partial charge in [0.1, 0.15) is 0 Å². The van der Waals surface area contributed by atoms with Crippen molar-refractivity contribution >= 4 is 11.0 Å². The molecule has 0 aliphatic heterocycles. The van der Waals surface area contributed by atoms with Crippen molar-refractivity contribution in [3.63, 3.8) is 0 Å². The molecule has 4 nitrogen and oxygen atoms in total. The fourth-order valence-corrected chi connectivity index (χ4v) is 2.15. The summed E-state index contributed by atoms with van der Waals surface area (Å²) in [5.41, 5.74) is 3.80. The van der Waals surface area contributed by atoms with Gasteiger partial charge in [0, 0.05) is 18.9 Å². The summed E-state index contributed by atoms with van der Waals surface area (Å²) in [4.78, 5) is 8.49. The summed E-state index contributed by atoms with van der Waals surface area (Å²) in [6, 6.07) is 5.73. The lowest BCUT2D eigenvalue weighted by atomic mass is 10.1. The third kappa shape index (κ3) is 4.41. The maximum absolute atomic E-state index is 14.1. The minimum atomic E-state index is -0.640. The van der Waals surface area contributed by atoms with Gasteiger partial charge in [-0.2, -0.15) is 0 Å². The third-order valence-corrected chi connectivity index (χ3v) is 3.72. The molecule has 0 unspecified atom stereocenters. The van der Waals surface area contributed by atoms with Crippen LogP contribution in [0.5, 0.6) is 0 Å². The number of rotatable bonds is 6. The van der Waals surface area contributed by atoms with Gasteiger partial charge in [-0.25, -0.2) is 4.39 Å². The van der Waals surface area contributed by atoms with Crippen LogP contribution in [0.4, 0.5) is 4.39 Å². The lowest BCUT2D eigenvalue weighted by Gasteiger charge is -2.11. The lowest BCUT2D eigenvalue weighted by Crippen LogP contribution is -2.15. The van der Waals surface area contributed by atoms with E-state index in [-0.39, 0.29) is 5.76 Å². The molecule has 126 valence electrons. The average Bonchev–Trinajstić information content (AvgIpc) is 2.61. The Bertz CT molecular complexity index is 809. The first kappa shape index (κ1) is 17.7. The van der Waals surface area contributed by atoms with Gasteiger partial charge in [0.25, 0.3) is 0 Å². The molecule has 0 spiro atoms. The van der Waals surface area contributed by atoms with Gasteiger partial charge >= 0.3 is 0 Å². The Morgan fingerprint density at radius 1 is 1.25 bits per heavy atom. The monoisotopic (exact) mass is 327 g/mol. The average molecular weight is 327 g/mol. The molecule has 0 fully saturated rings. The molecular formula is C19H22FN3O. The summed E-state index contributed by atoms with van der Waals surface area (Å²) in [5, 5.41) is 13.1. The molecule has 0 amide bonds. The van der Waals surface area contributed by atoms with Crippen LogP contribution in [0.15, 0.2) is 65.6 Å². The highest BCUT2D eigenvalue weighted by molar-refractivity contribution is 5.74. The van der Waals surface area contributed by atoms with Crippen molar-refractivity contribution in [1.82, 2.24) is 15.3 Å². The van der Waals surface area contributed by atoms with Crippen LogP contribution in [0.2, 0.25) is 0 Å². The first-order valence-electron chi connectivity index (χ1n) is 7.91. The number of fused-ring (bicyclic) bond motifs is 1. The number of aliphatic hydroxyl groups is 1. The molecular weight excluding hydrogens is 305 g/mol. The molecule has 0 aliphatic carbocycles. The van der Waals surface area contributed by atoms with Crippen molar-refractivity contribution in [3.05, 3.63) is 71.2 Å². The minimum Gasteiger partial charge on any atom is -0.503 e. The predicted octanol–water partition coefficient (Wildman–Crippen LogP) is 4.72. The van der Waals surface area contributed by atoms with E-state index in [4.69, 9.17) is 0 Å². The second kappa shape index (κ2) is 8.24. The Morgan fingerprint density at radius 2 is 1.96 bits per heavy atom. The third-order valence-electron chi connectivity index (χ3n) is 3.72. The number of nitrogens with zero attached hydrogens (tertiary/aromatic N) is 2. The number of halogens is 1. The van der Waals surface area contributed by atoms with Crippen molar-refractivity contribution in [2.24, 2.45) is 0 Å². The second-order valence-corrected chi connectivity index (χ2v) is 5.48. The van der Waals surface area contributed by atoms with Crippen molar-refractivity contribution in [2.45, 2.75) is 33.7 Å². The van der Waals surface area contributed by atoms with E-state index in [1.54, 1.807) is 25.4 Å². The molecule has 1 aromatic carbocycles. The Morgan fingerprint density at radius 3 is 2.62 bits per heavy atom. The van der Waals surface area contributed by atoms with E-state index in [1.807, 2.05) is 32.0 Å². The Kier molecular flexibility index (Phi) is 6.07. The molecule has 2 rings (SSSR count). The standard InChI is InChI=1S/C19H22FN3O/c1-4-13(3)10-15(20)19(24)16(5-2)23-12-14-6-7-17-18(11-14)22-9-8-21-17/h5-11,23-24H,4,12H2,1-3H3/b13-10+,16-5+,19-15-. The number of hydrogen-bond acceptors (Lipinski definition) is 4. The van der Waals surface area contributed by atoms with Crippen molar-refractivity contribution in [1.29, 1.82) is 0 Å². The molecule has 2 aromatic rings. The highest BCUT2D eigenvalue weighted by Crippen LogP contribution is 2.17. The molecule has 2 N–H and O–H groups in total. The predicted molar refractivity (Wildman–Crippen MR) is 94.9 cm³/mol. The number of allylic oxidation sites excluding steroid dienone is 4. The largest absolute Gasteiger partial charge is 0.503 e. The Hall–Kier alpha value is -2.69. The molecule has 1 aromatic heterocycles. The van der Waals surface area contributed by atoms with E-state index in [0.717, 1.165) is 28.6 Å². The molecule has 0 saturated heterocycles. The summed E-state index contributed by atoms with van der Waals surface area (Å²) in [7, 11) is 0. The van der Waals surface area contributed by atoms with E-state index >= 15 is 0 Å². The first-order chi connectivity index (χ1) is 11.5. The Labute approximate surface area is 141 Å². The summed E-state index contributed by atoms with van der Waals surface area (Å²) in [5.74, 6) is -1.02. The summed E-state index contributed by atoms with van der Waals surface area (Å²) >= 11 is 0. The van der Waals surface area contributed by atoms with E-state index in [9.17, 15) is 9.50 Å². The zero-order valence-electron chi connectivity index (χ0n) is 14.2. The van der Waals surface area contributed by atoms with Crippen LogP contribution in [0.1, 0.15) is 32.8 Å². The fraction of sp³-hybridized carbons (Fsp3) is 0.263. The molecule has 0 bridgehead atoms. The van der Waals surface area contributed by atoms with Crippen molar-refractivity contribution in [2.75, 3.05) is 0 Å². The highest BCUT2D eigenvalue weighted by atomic mass is 19.1. The maximum atomic E-state index is 14.1. The topological polar surface area (TPSA) is 58.0 Å². The first-order valence-corrected chi connectivity index (χ1v) is 7.91. The van der Waals surface area contributed by atoms with Gasteiger partial charge in [0.05, 0.1) is 16.7 Å². The van der Waals surface area contributed by atoms with Gasteiger partial charge < -0.3 is 10.4 Å². The van der Waals surface area contributed by atoms with E-state index in [0.29, 0.717) is 12.2 Å². The van der Waals surface area contributed by atoms with Gasteiger partial charge in [-0.3, -0.25) is 9.97 Å². The summed E-state index contributed by atoms with van der Waals surface area (Å²) in [6.45, 7) is 5.95. The van der Waals surface area contributed by atoms with Crippen LogP contribution >= 0.6 is 0 Å². The smallest absolute Gasteiger partial charge is 0.174 e. The number of hydrogen-bond donors (Lipinski definition) is 2. The number of nitrogens with one attached hydrogen (secondary N) is 1. The highest BCUT2D eigenvalue weighted by Gasteiger charge is 2.09. The van der Waals surface area contributed by atoms with Gasteiger partial charge in [-0.1, -0.05) is 24.6 Å². The van der Waals surface area contributed by atoms with Gasteiger partial charge in [-0.15, -0.1) is 0 Å². The maximum Gasteiger partial charge on any atom is 0.174 e. The number of benzene rings is 1. The quantitative estimate of drug-likeness (QED) is 0.595. The molecule has 0 aliphatic rings. The van der Waals surface area contributed by atoms with Crippen molar-refractivity contribution in [3.8, 4) is 0 Å². The molecule has 1 heterocycles. The van der Waals surface area contributed by atoms with Gasteiger partial charge in [0.15, 0.2) is 11.6 Å². The van der Waals surface area contributed by atoms with Crippen LogP contribution in [-0.2, 0) is 6.54 Å². The van der Waals surface area contributed by atoms with E-state index in [2.05, 4.69) is 15.3 Å². The zero-order chi connectivity index (χ0) is 17.5. The Balaban J connectivity index is 2.14. The molecule has 0 atom stereocenters. The fourth-order valence-electron chi connectivity index (χ4n) is 2.15. The van der Waals surface area contributed by atoms with E-state index in [1.165, 1.54) is 6.08 Å². The molecule has 0 radical (unpaired) electrons. The summed E-state index contributed by atoms with van der Waals surface area (Å²) < 4.78 is 14.1. The van der Waals surface area contributed by atoms with Crippen LogP contribution in [-0.4, -0.2) is 15.1 Å². The van der Waals surface area contributed by atoms with E-state index < -0.39 is 5.83 Å². The van der Waals surface area contributed by atoms with Crippen LogP contribution < -0.4 is 5.32 Å². The SMILES string of the molecule is C\C=C(NCc1ccc2nccnc2c1)/C(O)=C(F)\C=C(/C)CC. The van der Waals surface area contributed by atoms with Gasteiger partial charge in [-0.05, 0) is 44.0 Å². The molecule has 0 saturated carbocycles. The van der Waals surface area contributed by atoms with Crippen molar-refractivity contribution < 1.29 is 9.50 Å². The minimum absolute atomic E-state index is 0.354. The number of aromatic nitrogens is 2. The second-order valence-electron chi connectivity index (χ2n) is 5.48. The van der Waals surface area contributed by atoms with Crippen LogP contribution in [0.25, 0.3) is 11.0 Å². The normalized spacial score (nSPS) is 13.8. The molecule has 24 heavy (non-hydrogen) atoms. The zero-order valence-corrected chi connectivity index (χ0v) is 14.2. The van der Waals surface area contributed by atoms with Crippen LogP contribution in [0, 0.1) is 0 Å². The lowest BCUT2D eigenvalue weighted by molar-refractivity contribution is 0.388.